The lowest BCUT2D eigenvalue weighted by molar-refractivity contribution is -0.411. The van der Waals surface area contributed by atoms with Crippen molar-refractivity contribution < 1.29 is 19.6 Å². The van der Waals surface area contributed by atoms with E-state index in [-0.39, 0.29) is 33.7 Å². The minimum absolute atomic E-state index is 0.0185. The van der Waals surface area contributed by atoms with Gasteiger partial charge in [-0.3, -0.25) is 0 Å². The van der Waals surface area contributed by atoms with Gasteiger partial charge in [0, 0.05) is 11.8 Å². The van der Waals surface area contributed by atoms with Crippen LogP contribution in [0.5, 0.6) is 0 Å². The molecule has 1 unspecified atom stereocenters. The fraction of sp³-hybridized carbons (Fsp3) is 0.913. The van der Waals surface area contributed by atoms with E-state index in [2.05, 4.69) is 26.8 Å². The Bertz CT molecular complexity index is 715. The summed E-state index contributed by atoms with van der Waals surface area (Å²) in [5.74, 6) is 1.25. The molecule has 7 atom stereocenters. The van der Waals surface area contributed by atoms with E-state index in [1.165, 1.54) is 12.8 Å². The predicted octanol–water partition coefficient (Wildman–Crippen LogP) is 4.31. The predicted molar refractivity (Wildman–Crippen MR) is 101 cm³/mol. The molecule has 4 aliphatic carbocycles. The van der Waals surface area contributed by atoms with Gasteiger partial charge in [0.25, 0.3) is 0 Å². The summed E-state index contributed by atoms with van der Waals surface area (Å²) in [7, 11) is 0. The molecule has 0 aromatic heterocycles. The van der Waals surface area contributed by atoms with Crippen molar-refractivity contribution in [1.29, 1.82) is 0 Å². The second kappa shape index (κ2) is 5.00. The zero-order valence-electron chi connectivity index (χ0n) is 17.1. The summed E-state index contributed by atoms with van der Waals surface area (Å²) >= 11 is 0. The van der Waals surface area contributed by atoms with Crippen LogP contribution in [0.2, 0.25) is 0 Å². The molecule has 2 saturated heterocycles. The van der Waals surface area contributed by atoms with Crippen molar-refractivity contribution in [1.82, 2.24) is 0 Å². The monoisotopic (exact) mass is 374 g/mol. The fourth-order valence-electron chi connectivity index (χ4n) is 8.17. The first-order chi connectivity index (χ1) is 12.7. The topological polar surface area (TPSA) is 51.2 Å². The van der Waals surface area contributed by atoms with E-state index >= 15 is 0 Å². The maximum atomic E-state index is 10.6. The first-order valence-corrected chi connectivity index (χ1v) is 11.1. The van der Waals surface area contributed by atoms with Crippen LogP contribution < -0.4 is 0 Å². The minimum Gasteiger partial charge on any atom is -0.393 e. The molecule has 4 nitrogen and oxygen atoms in total. The standard InChI is InChI=1S/C23H34O4/c1-19(2)12-21(27-25-14-19)10-11-23-17-7-8-20(3)16(4-5-18(20)24)15(17)6-9-22(23,13-21)26-23/h7,15-16,18,24H,4-6,8-14H2,1-3H3/t15-,16-,18-,20-,21?,22+,23+/m0/s1. The van der Waals surface area contributed by atoms with E-state index in [4.69, 9.17) is 14.5 Å². The number of rotatable bonds is 0. The third-order valence-electron chi connectivity index (χ3n) is 9.42. The SMILES string of the molecule is CC1(C)COOC2(CC[C@]34O[C@]3(CC[C@@H]3C4=CC[C@]4(C)[C@@H](O)CC[C@@H]34)C2)C1. The maximum absolute atomic E-state index is 10.6. The van der Waals surface area contributed by atoms with Crippen molar-refractivity contribution in [3.8, 4) is 0 Å². The summed E-state index contributed by atoms with van der Waals surface area (Å²) < 4.78 is 6.72. The van der Waals surface area contributed by atoms with Crippen LogP contribution in [-0.2, 0) is 14.5 Å². The molecule has 2 aliphatic heterocycles. The Morgan fingerprint density at radius 1 is 1.04 bits per heavy atom. The Kier molecular flexibility index (Phi) is 3.23. The van der Waals surface area contributed by atoms with Crippen molar-refractivity contribution in [2.24, 2.45) is 22.7 Å². The Morgan fingerprint density at radius 3 is 2.70 bits per heavy atom. The quantitative estimate of drug-likeness (QED) is 0.390. The lowest BCUT2D eigenvalue weighted by atomic mass is 9.53. The van der Waals surface area contributed by atoms with Gasteiger partial charge < -0.3 is 9.84 Å². The molecule has 0 amide bonds. The smallest absolute Gasteiger partial charge is 0.119 e. The highest BCUT2D eigenvalue weighted by atomic mass is 17.2. The van der Waals surface area contributed by atoms with Gasteiger partial charge in [-0.05, 0) is 74.2 Å². The normalized spacial score (nSPS) is 57.9. The highest BCUT2D eigenvalue weighted by molar-refractivity contribution is 5.43. The van der Waals surface area contributed by atoms with Gasteiger partial charge in [-0.15, -0.1) is 0 Å². The molecule has 150 valence electrons. The van der Waals surface area contributed by atoms with E-state index in [1.54, 1.807) is 5.57 Å². The van der Waals surface area contributed by atoms with Crippen LogP contribution in [0.3, 0.4) is 0 Å². The van der Waals surface area contributed by atoms with Gasteiger partial charge in [-0.1, -0.05) is 26.8 Å². The Hall–Kier alpha value is -0.420. The largest absolute Gasteiger partial charge is 0.393 e. The van der Waals surface area contributed by atoms with E-state index in [1.807, 2.05) is 0 Å². The van der Waals surface area contributed by atoms with E-state index in [9.17, 15) is 5.11 Å². The molecule has 1 N–H and O–H groups in total. The van der Waals surface area contributed by atoms with Crippen LogP contribution in [0.1, 0.15) is 78.6 Å². The molecule has 1 spiro atoms. The minimum atomic E-state index is -0.165. The summed E-state index contributed by atoms with van der Waals surface area (Å²) in [6.07, 6.45) is 12.0. The number of epoxide rings is 1. The van der Waals surface area contributed by atoms with Crippen LogP contribution in [-0.4, -0.2) is 34.6 Å². The molecular formula is C23H34O4. The van der Waals surface area contributed by atoms with Crippen molar-refractivity contribution in [2.45, 2.75) is 101 Å². The van der Waals surface area contributed by atoms with Gasteiger partial charge in [0.1, 0.15) is 16.8 Å². The number of hydrogen-bond acceptors (Lipinski definition) is 4. The molecule has 3 saturated carbocycles. The Balaban J connectivity index is 1.31. The van der Waals surface area contributed by atoms with Crippen LogP contribution >= 0.6 is 0 Å². The number of ether oxygens (including phenoxy) is 1. The molecule has 0 aromatic rings. The van der Waals surface area contributed by atoms with E-state index in [0.717, 1.165) is 44.9 Å². The van der Waals surface area contributed by atoms with Gasteiger partial charge in [0.05, 0.1) is 12.7 Å². The van der Waals surface area contributed by atoms with E-state index < -0.39 is 0 Å². The molecule has 4 heteroatoms. The lowest BCUT2D eigenvalue weighted by Gasteiger charge is -2.52. The van der Waals surface area contributed by atoms with Crippen molar-refractivity contribution in [3.63, 3.8) is 0 Å². The number of aliphatic hydroxyl groups excluding tert-OH is 1. The van der Waals surface area contributed by atoms with Crippen LogP contribution in [0.25, 0.3) is 0 Å². The second-order valence-electron chi connectivity index (χ2n) is 11.7. The van der Waals surface area contributed by atoms with Gasteiger partial charge in [0.15, 0.2) is 0 Å². The molecule has 2 heterocycles. The highest BCUT2D eigenvalue weighted by Gasteiger charge is 2.79. The molecule has 0 radical (unpaired) electrons. The number of aliphatic hydroxyl groups is 1. The number of allylic oxidation sites excluding steroid dienone is 1. The summed E-state index contributed by atoms with van der Waals surface area (Å²) in [5.41, 5.74) is 1.64. The summed E-state index contributed by atoms with van der Waals surface area (Å²) in [6, 6.07) is 0. The fourth-order valence-corrected chi connectivity index (χ4v) is 8.17. The first-order valence-electron chi connectivity index (χ1n) is 11.1. The van der Waals surface area contributed by atoms with Crippen LogP contribution in [0.15, 0.2) is 11.6 Å². The summed E-state index contributed by atoms with van der Waals surface area (Å²) in [6.45, 7) is 7.58. The Labute approximate surface area is 162 Å². The van der Waals surface area contributed by atoms with Gasteiger partial charge in [-0.25, -0.2) is 9.78 Å². The summed E-state index contributed by atoms with van der Waals surface area (Å²) in [5, 5.41) is 10.6. The van der Waals surface area contributed by atoms with Gasteiger partial charge in [0.2, 0.25) is 0 Å². The van der Waals surface area contributed by atoms with Crippen LogP contribution in [0.4, 0.5) is 0 Å². The molecule has 6 rings (SSSR count). The molecule has 5 fully saturated rings. The van der Waals surface area contributed by atoms with Crippen LogP contribution in [0, 0.1) is 22.7 Å². The number of fused-ring (bicyclic) bond motifs is 3. The maximum Gasteiger partial charge on any atom is 0.119 e. The van der Waals surface area contributed by atoms with Crippen molar-refractivity contribution in [3.05, 3.63) is 11.6 Å². The zero-order chi connectivity index (χ0) is 18.7. The Morgan fingerprint density at radius 2 is 1.89 bits per heavy atom. The van der Waals surface area contributed by atoms with Crippen molar-refractivity contribution >= 4 is 0 Å². The zero-order valence-corrected chi connectivity index (χ0v) is 17.1. The third kappa shape index (κ3) is 2.09. The van der Waals surface area contributed by atoms with Gasteiger partial charge >= 0.3 is 0 Å². The number of hydrogen-bond donors (Lipinski definition) is 1. The second-order valence-corrected chi connectivity index (χ2v) is 11.7. The average Bonchev–Trinajstić information content (AvgIpc) is 3.18. The average molecular weight is 375 g/mol. The highest BCUT2D eigenvalue weighted by Crippen LogP contribution is 2.73. The van der Waals surface area contributed by atoms with E-state index in [0.29, 0.717) is 18.4 Å². The van der Waals surface area contributed by atoms with Crippen molar-refractivity contribution in [2.75, 3.05) is 6.61 Å². The molecular weight excluding hydrogens is 340 g/mol. The molecule has 0 bridgehead atoms. The first kappa shape index (κ1) is 17.4. The molecule has 0 aromatic carbocycles. The van der Waals surface area contributed by atoms with Gasteiger partial charge in [-0.2, -0.15) is 0 Å². The molecule has 6 aliphatic rings. The molecule has 27 heavy (non-hydrogen) atoms. The lowest BCUT2D eigenvalue weighted by Crippen LogP contribution is -2.55. The summed E-state index contributed by atoms with van der Waals surface area (Å²) in [4.78, 5) is 11.6. The third-order valence-corrected chi connectivity index (χ3v) is 9.42.